The fourth-order valence-corrected chi connectivity index (χ4v) is 2.55. The predicted molar refractivity (Wildman–Crippen MR) is 104 cm³/mol. The highest BCUT2D eigenvalue weighted by Gasteiger charge is 2.08. The van der Waals surface area contributed by atoms with E-state index in [4.69, 9.17) is 0 Å². The van der Waals surface area contributed by atoms with Gasteiger partial charge in [-0.25, -0.2) is 0 Å². The lowest BCUT2D eigenvalue weighted by molar-refractivity contribution is 0.112. The van der Waals surface area contributed by atoms with E-state index in [1.54, 1.807) is 6.07 Å². The highest BCUT2D eigenvalue weighted by Crippen LogP contribution is 2.30. The lowest BCUT2D eigenvalue weighted by Crippen LogP contribution is -1.89. The number of aromatic hydroxyl groups is 2. The van der Waals surface area contributed by atoms with Gasteiger partial charge in [0.05, 0.1) is 0 Å². The van der Waals surface area contributed by atoms with Crippen LogP contribution in [-0.4, -0.2) is 16.5 Å². The largest absolute Gasteiger partial charge is 0.504 e. The van der Waals surface area contributed by atoms with Crippen LogP contribution in [0.4, 0.5) is 0 Å². The van der Waals surface area contributed by atoms with Gasteiger partial charge < -0.3 is 10.2 Å². The standard InChI is InChI=1S/C22H30O3/c1-16(2)7-5-8-17(3)9-6-10-18(4)11-12-20-13-19(15-23)14-21(24)22(20)25/h7,9,11,13-15,24-25H,5-6,8,10,12H2,1-4H3/b17-9+,18-11+. The lowest BCUT2D eigenvalue weighted by Gasteiger charge is -2.06. The number of allylic oxidation sites excluding steroid dienone is 6. The minimum absolute atomic E-state index is 0.148. The molecule has 0 spiro atoms. The topological polar surface area (TPSA) is 57.5 Å². The Balaban J connectivity index is 2.55. The van der Waals surface area contributed by atoms with E-state index in [9.17, 15) is 15.0 Å². The van der Waals surface area contributed by atoms with Gasteiger partial charge in [0.1, 0.15) is 6.29 Å². The molecule has 0 heterocycles. The van der Waals surface area contributed by atoms with Gasteiger partial charge in [-0.1, -0.05) is 34.9 Å². The number of aldehydes is 1. The number of phenolic OH excluding ortho intramolecular Hbond substituents is 2. The molecule has 0 unspecified atom stereocenters. The molecule has 0 amide bonds. The molecule has 0 radical (unpaired) electrons. The number of hydrogen-bond acceptors (Lipinski definition) is 3. The number of benzene rings is 1. The molecule has 0 saturated heterocycles. The van der Waals surface area contributed by atoms with Gasteiger partial charge in [-0.3, -0.25) is 4.79 Å². The van der Waals surface area contributed by atoms with Gasteiger partial charge in [-0.05, 0) is 71.9 Å². The van der Waals surface area contributed by atoms with Crippen LogP contribution in [0.5, 0.6) is 11.5 Å². The molecule has 0 saturated carbocycles. The molecular weight excluding hydrogens is 312 g/mol. The van der Waals surface area contributed by atoms with E-state index >= 15 is 0 Å². The molecule has 0 atom stereocenters. The molecule has 1 aromatic rings. The van der Waals surface area contributed by atoms with Crippen molar-refractivity contribution < 1.29 is 15.0 Å². The van der Waals surface area contributed by atoms with Crippen molar-refractivity contribution in [2.45, 2.75) is 59.8 Å². The van der Waals surface area contributed by atoms with E-state index in [2.05, 4.69) is 39.8 Å². The molecule has 2 N–H and O–H groups in total. The van der Waals surface area contributed by atoms with Crippen molar-refractivity contribution >= 4 is 6.29 Å². The normalized spacial score (nSPS) is 12.2. The van der Waals surface area contributed by atoms with Crippen molar-refractivity contribution in [3.05, 3.63) is 58.2 Å². The first-order chi connectivity index (χ1) is 11.8. The van der Waals surface area contributed by atoms with Crippen molar-refractivity contribution in [2.24, 2.45) is 0 Å². The summed E-state index contributed by atoms with van der Waals surface area (Å²) in [6.07, 6.45) is 11.9. The highest BCUT2D eigenvalue weighted by molar-refractivity contribution is 5.77. The Hall–Kier alpha value is -2.29. The van der Waals surface area contributed by atoms with Crippen LogP contribution < -0.4 is 0 Å². The zero-order valence-corrected chi connectivity index (χ0v) is 15.8. The molecular formula is C22H30O3. The molecule has 0 aromatic heterocycles. The first-order valence-electron chi connectivity index (χ1n) is 8.78. The SMILES string of the molecule is CC(C)=CCC/C(C)=C/CC/C(C)=C/Cc1cc(C=O)cc(O)c1O. The second-order valence-electron chi connectivity index (χ2n) is 6.83. The van der Waals surface area contributed by atoms with E-state index in [1.165, 1.54) is 22.8 Å². The first-order valence-corrected chi connectivity index (χ1v) is 8.78. The fraction of sp³-hybridized carbons (Fsp3) is 0.409. The third-order valence-corrected chi connectivity index (χ3v) is 4.12. The van der Waals surface area contributed by atoms with Crippen molar-refractivity contribution in [1.29, 1.82) is 0 Å². The molecule has 0 aliphatic carbocycles. The van der Waals surface area contributed by atoms with Gasteiger partial charge in [-0.15, -0.1) is 0 Å². The molecule has 3 heteroatoms. The van der Waals surface area contributed by atoms with Gasteiger partial charge in [0.2, 0.25) is 0 Å². The Bertz CT molecular complexity index is 675. The average molecular weight is 342 g/mol. The van der Waals surface area contributed by atoms with Crippen LogP contribution >= 0.6 is 0 Å². The second kappa shape index (κ2) is 10.5. The maximum Gasteiger partial charge on any atom is 0.161 e. The number of phenols is 2. The van der Waals surface area contributed by atoms with Gasteiger partial charge in [0.25, 0.3) is 0 Å². The highest BCUT2D eigenvalue weighted by atomic mass is 16.3. The third-order valence-electron chi connectivity index (χ3n) is 4.12. The van der Waals surface area contributed by atoms with E-state index in [1.807, 2.05) is 6.08 Å². The molecule has 1 rings (SSSR count). The summed E-state index contributed by atoms with van der Waals surface area (Å²) in [4.78, 5) is 10.9. The lowest BCUT2D eigenvalue weighted by atomic mass is 10.0. The summed E-state index contributed by atoms with van der Waals surface area (Å²) in [6.45, 7) is 8.47. The number of carbonyl (C=O) groups is 1. The average Bonchev–Trinajstić information content (AvgIpc) is 2.55. The fourth-order valence-electron chi connectivity index (χ4n) is 2.55. The number of carbonyl (C=O) groups excluding carboxylic acids is 1. The van der Waals surface area contributed by atoms with Gasteiger partial charge in [0, 0.05) is 11.1 Å². The Labute approximate surface area is 151 Å². The summed E-state index contributed by atoms with van der Waals surface area (Å²) in [5, 5.41) is 19.5. The van der Waals surface area contributed by atoms with Crippen molar-refractivity contribution in [2.75, 3.05) is 0 Å². The summed E-state index contributed by atoms with van der Waals surface area (Å²) in [5.41, 5.74) is 4.93. The summed E-state index contributed by atoms with van der Waals surface area (Å²) >= 11 is 0. The maximum absolute atomic E-state index is 10.9. The number of rotatable bonds is 9. The molecule has 1 aromatic carbocycles. The van der Waals surface area contributed by atoms with Crippen LogP contribution in [-0.2, 0) is 6.42 Å². The Kier molecular flexibility index (Phi) is 8.76. The summed E-state index contributed by atoms with van der Waals surface area (Å²) in [5.74, 6) is -0.398. The minimum atomic E-state index is -0.249. The molecule has 0 fully saturated rings. The monoisotopic (exact) mass is 342 g/mol. The van der Waals surface area contributed by atoms with Gasteiger partial charge in [0.15, 0.2) is 11.5 Å². The van der Waals surface area contributed by atoms with Crippen LogP contribution in [0.15, 0.2) is 47.1 Å². The van der Waals surface area contributed by atoms with E-state index < -0.39 is 0 Å². The predicted octanol–water partition coefficient (Wildman–Crippen LogP) is 5.87. The molecule has 0 aliphatic heterocycles. The zero-order chi connectivity index (χ0) is 18.8. The Morgan fingerprint density at radius 2 is 1.52 bits per heavy atom. The molecule has 0 aliphatic rings. The Morgan fingerprint density at radius 1 is 0.920 bits per heavy atom. The maximum atomic E-state index is 10.9. The van der Waals surface area contributed by atoms with E-state index in [0.29, 0.717) is 23.8 Å². The molecule has 0 bridgehead atoms. The summed E-state index contributed by atoms with van der Waals surface area (Å²) in [7, 11) is 0. The van der Waals surface area contributed by atoms with Crippen molar-refractivity contribution in [1.82, 2.24) is 0 Å². The van der Waals surface area contributed by atoms with Crippen LogP contribution in [0.1, 0.15) is 69.3 Å². The van der Waals surface area contributed by atoms with Crippen LogP contribution in [0, 0.1) is 0 Å². The summed E-state index contributed by atoms with van der Waals surface area (Å²) < 4.78 is 0. The smallest absolute Gasteiger partial charge is 0.161 e. The van der Waals surface area contributed by atoms with Gasteiger partial charge >= 0.3 is 0 Å². The van der Waals surface area contributed by atoms with Crippen LogP contribution in [0.25, 0.3) is 0 Å². The Morgan fingerprint density at radius 3 is 2.12 bits per heavy atom. The number of hydrogen-bond donors (Lipinski definition) is 2. The minimum Gasteiger partial charge on any atom is -0.504 e. The van der Waals surface area contributed by atoms with Crippen LogP contribution in [0.2, 0.25) is 0 Å². The van der Waals surface area contributed by atoms with E-state index in [-0.39, 0.29) is 11.5 Å². The van der Waals surface area contributed by atoms with Crippen LogP contribution in [0.3, 0.4) is 0 Å². The summed E-state index contributed by atoms with van der Waals surface area (Å²) in [6, 6.07) is 2.88. The molecule has 136 valence electrons. The first kappa shape index (κ1) is 20.8. The van der Waals surface area contributed by atoms with E-state index in [0.717, 1.165) is 25.7 Å². The quantitative estimate of drug-likeness (QED) is 0.335. The third kappa shape index (κ3) is 7.88. The van der Waals surface area contributed by atoms with Crippen molar-refractivity contribution in [3.63, 3.8) is 0 Å². The molecule has 3 nitrogen and oxygen atoms in total. The van der Waals surface area contributed by atoms with Gasteiger partial charge in [-0.2, -0.15) is 0 Å². The zero-order valence-electron chi connectivity index (χ0n) is 15.8. The van der Waals surface area contributed by atoms with Crippen molar-refractivity contribution in [3.8, 4) is 11.5 Å². The molecule has 25 heavy (non-hydrogen) atoms. The second-order valence-corrected chi connectivity index (χ2v) is 6.83.